The minimum absolute atomic E-state index is 0.616. The van der Waals surface area contributed by atoms with Gasteiger partial charge >= 0.3 is 5.96 Å². The zero-order valence-electron chi connectivity index (χ0n) is 15.8. The maximum Gasteiger partial charge on any atom is 0.359 e. The Kier molecular flexibility index (Phi) is 4.98. The summed E-state index contributed by atoms with van der Waals surface area (Å²) in [6, 6.07) is 16.9. The molecule has 0 bridgehead atoms. The Morgan fingerprint density at radius 3 is 2.70 bits per heavy atom. The molecule has 6 nitrogen and oxygen atoms in total. The van der Waals surface area contributed by atoms with E-state index in [9.17, 15) is 0 Å². The largest absolute Gasteiger partial charge is 0.359 e. The molecule has 1 unspecified atom stereocenters. The Bertz CT molecular complexity index is 967. The first-order valence-corrected chi connectivity index (χ1v) is 9.48. The van der Waals surface area contributed by atoms with Gasteiger partial charge < -0.3 is 0 Å². The summed E-state index contributed by atoms with van der Waals surface area (Å²) in [6.07, 6.45) is 1.02. The Hall–Kier alpha value is -2.99. The van der Waals surface area contributed by atoms with Crippen LogP contribution in [0.3, 0.4) is 0 Å². The fraction of sp³-hybridized carbons (Fsp3) is 0.286. The molecule has 27 heavy (non-hydrogen) atoms. The maximum absolute atomic E-state index is 4.66. The van der Waals surface area contributed by atoms with E-state index in [2.05, 4.69) is 81.0 Å². The molecule has 1 aromatic heterocycles. The maximum atomic E-state index is 4.66. The van der Waals surface area contributed by atoms with Crippen molar-refractivity contribution < 1.29 is 9.89 Å². The molecular weight excluding hydrogens is 336 g/mol. The number of guanidine groups is 1. The normalized spacial score (nSPS) is 16.7. The van der Waals surface area contributed by atoms with E-state index >= 15 is 0 Å². The molecule has 0 spiro atoms. The minimum Gasteiger partial charge on any atom is -0.273 e. The highest BCUT2D eigenvalue weighted by Crippen LogP contribution is 2.19. The average Bonchev–Trinajstić information content (AvgIpc) is 2.70. The third-order valence-electron chi connectivity index (χ3n) is 4.92. The molecule has 2 heterocycles. The molecule has 0 amide bonds. The number of quaternary nitrogens is 1. The van der Waals surface area contributed by atoms with Crippen molar-refractivity contribution in [3.63, 3.8) is 0 Å². The smallest absolute Gasteiger partial charge is 0.273 e. The van der Waals surface area contributed by atoms with Gasteiger partial charge in [-0.3, -0.25) is 4.90 Å². The van der Waals surface area contributed by atoms with Gasteiger partial charge in [-0.05, 0) is 31.0 Å². The molecule has 4 N–H and O–H groups in total. The Morgan fingerprint density at radius 1 is 1.11 bits per heavy atom. The van der Waals surface area contributed by atoms with Crippen LogP contribution in [0.2, 0.25) is 0 Å². The summed E-state index contributed by atoms with van der Waals surface area (Å²) in [5.41, 5.74) is 4.61. The molecule has 0 fully saturated rings. The second-order valence-electron chi connectivity index (χ2n) is 6.96. The predicted molar refractivity (Wildman–Crippen MR) is 107 cm³/mol. The lowest BCUT2D eigenvalue weighted by Gasteiger charge is -2.20. The van der Waals surface area contributed by atoms with Crippen LogP contribution in [0.25, 0.3) is 10.9 Å². The van der Waals surface area contributed by atoms with Gasteiger partial charge in [0.05, 0.1) is 11.2 Å². The summed E-state index contributed by atoms with van der Waals surface area (Å²) in [5.74, 6) is 1.47. The van der Waals surface area contributed by atoms with E-state index in [-0.39, 0.29) is 0 Å². The summed E-state index contributed by atoms with van der Waals surface area (Å²) in [7, 11) is 0. The van der Waals surface area contributed by atoms with Crippen LogP contribution >= 0.6 is 0 Å². The van der Waals surface area contributed by atoms with Crippen molar-refractivity contribution in [2.75, 3.05) is 18.7 Å². The van der Waals surface area contributed by atoms with Crippen LogP contribution in [0.15, 0.2) is 48.5 Å². The van der Waals surface area contributed by atoms with Crippen LogP contribution < -0.4 is 20.5 Å². The number of hydrogen-bond donors (Lipinski definition) is 4. The number of rotatable bonds is 4. The first-order chi connectivity index (χ1) is 13.2. The monoisotopic (exact) mass is 362 g/mol. The molecule has 2 aromatic carbocycles. The zero-order chi connectivity index (χ0) is 18.6. The van der Waals surface area contributed by atoms with E-state index in [0.717, 1.165) is 48.9 Å². The second kappa shape index (κ2) is 7.72. The van der Waals surface area contributed by atoms with E-state index in [1.54, 1.807) is 0 Å². The number of benzene rings is 2. The van der Waals surface area contributed by atoms with Crippen LogP contribution in [0.4, 0.5) is 5.95 Å². The van der Waals surface area contributed by atoms with Gasteiger partial charge in [-0.15, -0.1) is 0 Å². The van der Waals surface area contributed by atoms with E-state index in [0.29, 0.717) is 5.95 Å². The lowest BCUT2D eigenvalue weighted by molar-refractivity contribution is -0.991. The van der Waals surface area contributed by atoms with E-state index in [4.69, 9.17) is 0 Å². The number of aryl methyl sites for hydroxylation is 2. The predicted octanol–water partition coefficient (Wildman–Crippen LogP) is -0.0476. The summed E-state index contributed by atoms with van der Waals surface area (Å²) >= 11 is 0. The van der Waals surface area contributed by atoms with Crippen LogP contribution in [0.1, 0.15) is 23.7 Å². The SMILES string of the molecule is CCc1ccc2nc(NC3=[NH+]C[NH+](Cc4ccccc4)CN3)nc(C)c2c1. The molecule has 1 aliphatic heterocycles. The van der Waals surface area contributed by atoms with Gasteiger partial charge in [-0.1, -0.05) is 43.3 Å². The van der Waals surface area contributed by atoms with Gasteiger partial charge in [-0.2, -0.15) is 4.98 Å². The fourth-order valence-electron chi connectivity index (χ4n) is 3.37. The van der Waals surface area contributed by atoms with Gasteiger partial charge in [0.1, 0.15) is 6.54 Å². The average molecular weight is 362 g/mol. The summed E-state index contributed by atoms with van der Waals surface area (Å²) in [6.45, 7) is 6.87. The lowest BCUT2D eigenvalue weighted by Crippen LogP contribution is -3.23. The van der Waals surface area contributed by atoms with Crippen LogP contribution in [-0.2, 0) is 13.0 Å². The molecule has 0 saturated heterocycles. The highest BCUT2D eigenvalue weighted by atomic mass is 15.4. The molecule has 1 aliphatic rings. The quantitative estimate of drug-likeness (QED) is 0.526. The Labute approximate surface area is 159 Å². The second-order valence-corrected chi connectivity index (χ2v) is 6.96. The minimum atomic E-state index is 0.616. The standard InChI is InChI=1S/C21H24N6/c1-3-16-9-10-19-18(11-16)15(2)24-21(25-19)26-20-22-13-27(14-23-20)12-17-7-5-4-6-8-17/h4-11H,3,12-14H2,1-2H3,(H2,22,23,24,25,26)/p+2. The van der Waals surface area contributed by atoms with Crippen molar-refractivity contribution in [3.8, 4) is 0 Å². The van der Waals surface area contributed by atoms with Crippen molar-refractivity contribution in [3.05, 3.63) is 65.4 Å². The highest BCUT2D eigenvalue weighted by molar-refractivity contribution is 5.89. The Balaban J connectivity index is 1.45. The summed E-state index contributed by atoms with van der Waals surface area (Å²) in [5, 5.41) is 7.81. The molecule has 3 aromatic rings. The van der Waals surface area contributed by atoms with Crippen LogP contribution in [-0.4, -0.2) is 29.3 Å². The van der Waals surface area contributed by atoms with E-state index in [1.165, 1.54) is 16.0 Å². The molecule has 6 heteroatoms. The molecule has 0 radical (unpaired) electrons. The summed E-state index contributed by atoms with van der Waals surface area (Å²) in [4.78, 5) is 14.1. The van der Waals surface area contributed by atoms with Crippen LogP contribution in [0.5, 0.6) is 0 Å². The highest BCUT2D eigenvalue weighted by Gasteiger charge is 2.21. The van der Waals surface area contributed by atoms with Gasteiger partial charge in [0, 0.05) is 10.9 Å². The molecule has 0 aliphatic carbocycles. The topological polar surface area (TPSA) is 68.2 Å². The van der Waals surface area contributed by atoms with Crippen molar-refractivity contribution in [1.29, 1.82) is 0 Å². The lowest BCUT2D eigenvalue weighted by atomic mass is 10.1. The molecule has 138 valence electrons. The fourth-order valence-corrected chi connectivity index (χ4v) is 3.37. The summed E-state index contributed by atoms with van der Waals surface area (Å²) < 4.78 is 0. The number of anilines is 1. The van der Waals surface area contributed by atoms with E-state index < -0.39 is 0 Å². The van der Waals surface area contributed by atoms with Gasteiger partial charge in [-0.25, -0.2) is 20.6 Å². The number of aromatic nitrogens is 2. The Morgan fingerprint density at radius 2 is 1.96 bits per heavy atom. The number of nitrogens with zero attached hydrogens (tertiary/aromatic N) is 2. The number of fused-ring (bicyclic) bond motifs is 1. The van der Waals surface area contributed by atoms with Crippen molar-refractivity contribution in [1.82, 2.24) is 15.3 Å². The third-order valence-corrected chi connectivity index (χ3v) is 4.92. The third kappa shape index (κ3) is 4.06. The first-order valence-electron chi connectivity index (χ1n) is 9.48. The molecule has 4 rings (SSSR count). The zero-order valence-corrected chi connectivity index (χ0v) is 15.8. The number of nitrogens with one attached hydrogen (secondary N) is 4. The van der Waals surface area contributed by atoms with Gasteiger partial charge in [0.15, 0.2) is 13.3 Å². The van der Waals surface area contributed by atoms with Crippen molar-refractivity contribution in [2.24, 2.45) is 0 Å². The van der Waals surface area contributed by atoms with Crippen molar-refractivity contribution in [2.45, 2.75) is 26.8 Å². The number of hydrogen-bond acceptors (Lipinski definition) is 4. The molecule has 1 atom stereocenters. The van der Waals surface area contributed by atoms with Crippen LogP contribution in [0, 0.1) is 6.92 Å². The molecule has 0 saturated carbocycles. The first kappa shape index (κ1) is 17.4. The van der Waals surface area contributed by atoms with E-state index in [1.807, 2.05) is 6.92 Å². The van der Waals surface area contributed by atoms with Gasteiger partial charge in [0.25, 0.3) is 5.95 Å². The molecular formula is C21H26N6+2. The van der Waals surface area contributed by atoms with Crippen molar-refractivity contribution >= 4 is 22.8 Å². The van der Waals surface area contributed by atoms with Gasteiger partial charge in [0.2, 0.25) is 0 Å².